The minimum atomic E-state index is -3.52. The molecule has 0 saturated carbocycles. The summed E-state index contributed by atoms with van der Waals surface area (Å²) < 4.78 is 39.2. The first-order chi connectivity index (χ1) is 7.99. The molecule has 1 unspecified atom stereocenters. The Morgan fingerprint density at radius 1 is 1.47 bits per heavy atom. The minimum Gasteiger partial charge on any atom is -0.315 e. The first-order valence-electron chi connectivity index (χ1n) is 5.16. The lowest BCUT2D eigenvalue weighted by Crippen LogP contribution is -2.29. The van der Waals surface area contributed by atoms with Crippen molar-refractivity contribution < 1.29 is 12.8 Å². The average Bonchev–Trinajstić information content (AvgIpc) is 2.77. The maximum absolute atomic E-state index is 13.0. The Morgan fingerprint density at radius 3 is 2.88 bits per heavy atom. The van der Waals surface area contributed by atoms with Crippen LogP contribution in [0.3, 0.4) is 0 Å². The van der Waals surface area contributed by atoms with E-state index in [9.17, 15) is 12.8 Å². The molecule has 0 bridgehead atoms. The maximum atomic E-state index is 13.0. The molecule has 2 rings (SSSR count). The number of anilines is 1. The van der Waals surface area contributed by atoms with Crippen LogP contribution in [0.2, 0.25) is 5.02 Å². The van der Waals surface area contributed by atoms with Crippen LogP contribution in [-0.4, -0.2) is 26.8 Å². The normalized spacial score (nSPS) is 20.5. The van der Waals surface area contributed by atoms with Gasteiger partial charge < -0.3 is 5.32 Å². The summed E-state index contributed by atoms with van der Waals surface area (Å²) in [6, 6.07) is 3.57. The van der Waals surface area contributed by atoms with Gasteiger partial charge in [-0.25, -0.2) is 12.8 Å². The molecule has 94 valence electrons. The van der Waals surface area contributed by atoms with Crippen molar-refractivity contribution in [2.45, 2.75) is 11.7 Å². The predicted molar refractivity (Wildman–Crippen MR) is 65.2 cm³/mol. The van der Waals surface area contributed by atoms with E-state index >= 15 is 0 Å². The summed E-state index contributed by atoms with van der Waals surface area (Å²) in [5.74, 6) is -0.531. The first-order valence-corrected chi connectivity index (χ1v) is 7.09. The van der Waals surface area contributed by atoms with E-state index in [1.165, 1.54) is 12.1 Å². The Bertz CT molecular complexity index is 515. The van der Waals surface area contributed by atoms with Crippen LogP contribution in [0.15, 0.2) is 18.2 Å². The van der Waals surface area contributed by atoms with Gasteiger partial charge in [-0.2, -0.15) is 0 Å². The summed E-state index contributed by atoms with van der Waals surface area (Å²) in [6.07, 6.45) is 0.544. The number of sulfonamides is 1. The Labute approximate surface area is 104 Å². The summed E-state index contributed by atoms with van der Waals surface area (Å²) in [5.41, 5.74) is 0.0820. The van der Waals surface area contributed by atoms with Crippen LogP contribution in [0.25, 0.3) is 0 Å². The van der Waals surface area contributed by atoms with Gasteiger partial charge in [0.25, 0.3) is 0 Å². The molecule has 2 N–H and O–H groups in total. The molecule has 1 aromatic carbocycles. The van der Waals surface area contributed by atoms with Crippen molar-refractivity contribution in [1.29, 1.82) is 0 Å². The van der Waals surface area contributed by atoms with Crippen molar-refractivity contribution in [3.63, 3.8) is 0 Å². The van der Waals surface area contributed by atoms with E-state index in [-0.39, 0.29) is 10.7 Å². The zero-order chi connectivity index (χ0) is 12.5. The van der Waals surface area contributed by atoms with Gasteiger partial charge in [-0.05, 0) is 31.2 Å². The van der Waals surface area contributed by atoms with E-state index in [1.54, 1.807) is 0 Å². The van der Waals surface area contributed by atoms with E-state index in [4.69, 9.17) is 11.6 Å². The van der Waals surface area contributed by atoms with Crippen LogP contribution in [0.4, 0.5) is 10.1 Å². The first kappa shape index (κ1) is 12.6. The average molecular weight is 279 g/mol. The second kappa shape index (κ2) is 4.80. The Kier molecular flexibility index (Phi) is 3.56. The minimum absolute atomic E-state index is 0.0820. The highest BCUT2D eigenvalue weighted by Crippen LogP contribution is 2.25. The van der Waals surface area contributed by atoms with Gasteiger partial charge >= 0.3 is 0 Å². The SMILES string of the molecule is O=S(=O)(Nc1cc(F)ccc1Cl)C1CCNC1. The third-order valence-electron chi connectivity index (χ3n) is 2.63. The molecule has 1 aliphatic heterocycles. The number of hydrogen-bond acceptors (Lipinski definition) is 3. The van der Waals surface area contributed by atoms with E-state index < -0.39 is 21.1 Å². The fourth-order valence-electron chi connectivity index (χ4n) is 1.71. The molecule has 0 radical (unpaired) electrons. The van der Waals surface area contributed by atoms with Crippen LogP contribution in [-0.2, 0) is 10.0 Å². The Balaban J connectivity index is 2.22. The third kappa shape index (κ3) is 2.88. The van der Waals surface area contributed by atoms with Gasteiger partial charge in [0.1, 0.15) is 5.82 Å². The quantitative estimate of drug-likeness (QED) is 0.883. The number of halogens is 2. The van der Waals surface area contributed by atoms with Gasteiger partial charge in [-0.3, -0.25) is 4.72 Å². The predicted octanol–water partition coefficient (Wildman–Crippen LogP) is 1.58. The van der Waals surface area contributed by atoms with Crippen molar-refractivity contribution in [2.75, 3.05) is 17.8 Å². The van der Waals surface area contributed by atoms with Gasteiger partial charge in [0.05, 0.1) is 16.0 Å². The molecule has 0 aliphatic carbocycles. The zero-order valence-electron chi connectivity index (χ0n) is 8.91. The molecule has 0 aromatic heterocycles. The second-order valence-electron chi connectivity index (χ2n) is 3.89. The lowest BCUT2D eigenvalue weighted by molar-refractivity contribution is 0.588. The summed E-state index contributed by atoms with van der Waals surface area (Å²) in [7, 11) is -3.52. The van der Waals surface area contributed by atoms with Crippen molar-refractivity contribution in [3.05, 3.63) is 29.0 Å². The fourth-order valence-corrected chi connectivity index (χ4v) is 3.33. The summed E-state index contributed by atoms with van der Waals surface area (Å²) in [5, 5.41) is 2.65. The van der Waals surface area contributed by atoms with E-state index in [0.717, 1.165) is 6.07 Å². The summed E-state index contributed by atoms with van der Waals surface area (Å²) in [4.78, 5) is 0. The largest absolute Gasteiger partial charge is 0.315 e. The van der Waals surface area contributed by atoms with Crippen molar-refractivity contribution in [1.82, 2.24) is 5.32 Å². The van der Waals surface area contributed by atoms with Crippen molar-refractivity contribution in [3.8, 4) is 0 Å². The van der Waals surface area contributed by atoms with Gasteiger partial charge in [0.15, 0.2) is 0 Å². The van der Waals surface area contributed by atoms with Gasteiger partial charge in [-0.15, -0.1) is 0 Å². The molecule has 1 aliphatic rings. The zero-order valence-corrected chi connectivity index (χ0v) is 10.5. The summed E-state index contributed by atoms with van der Waals surface area (Å²) >= 11 is 5.80. The fraction of sp³-hybridized carbons (Fsp3) is 0.400. The van der Waals surface area contributed by atoms with Crippen molar-refractivity contribution >= 4 is 27.3 Å². The number of rotatable bonds is 3. The highest BCUT2D eigenvalue weighted by atomic mass is 35.5. The number of benzene rings is 1. The van der Waals surface area contributed by atoms with E-state index in [0.29, 0.717) is 19.5 Å². The second-order valence-corrected chi connectivity index (χ2v) is 6.25. The summed E-state index contributed by atoms with van der Waals surface area (Å²) in [6.45, 7) is 1.07. The Morgan fingerprint density at radius 2 is 2.24 bits per heavy atom. The molecule has 0 spiro atoms. The molecular formula is C10H12ClFN2O2S. The molecule has 1 atom stereocenters. The molecule has 0 amide bonds. The molecular weight excluding hydrogens is 267 g/mol. The maximum Gasteiger partial charge on any atom is 0.236 e. The number of nitrogens with one attached hydrogen (secondary N) is 2. The van der Waals surface area contributed by atoms with Gasteiger partial charge in [-0.1, -0.05) is 11.6 Å². The molecule has 1 aromatic rings. The smallest absolute Gasteiger partial charge is 0.236 e. The van der Waals surface area contributed by atoms with Crippen LogP contribution in [0.5, 0.6) is 0 Å². The highest BCUT2D eigenvalue weighted by molar-refractivity contribution is 7.93. The van der Waals surface area contributed by atoms with Crippen LogP contribution < -0.4 is 10.0 Å². The van der Waals surface area contributed by atoms with Crippen LogP contribution in [0.1, 0.15) is 6.42 Å². The van der Waals surface area contributed by atoms with Crippen LogP contribution in [0, 0.1) is 5.82 Å². The lowest BCUT2D eigenvalue weighted by Gasteiger charge is -2.13. The lowest BCUT2D eigenvalue weighted by atomic mass is 10.3. The van der Waals surface area contributed by atoms with Gasteiger partial charge in [0.2, 0.25) is 10.0 Å². The van der Waals surface area contributed by atoms with Crippen LogP contribution >= 0.6 is 11.6 Å². The molecule has 1 fully saturated rings. The molecule has 17 heavy (non-hydrogen) atoms. The molecule has 4 nitrogen and oxygen atoms in total. The van der Waals surface area contributed by atoms with Gasteiger partial charge in [0, 0.05) is 6.54 Å². The molecule has 1 saturated heterocycles. The molecule has 7 heteroatoms. The van der Waals surface area contributed by atoms with E-state index in [1.807, 2.05) is 0 Å². The topological polar surface area (TPSA) is 58.2 Å². The molecule has 1 heterocycles. The highest BCUT2D eigenvalue weighted by Gasteiger charge is 2.29. The Hall–Kier alpha value is -0.850. The third-order valence-corrected chi connectivity index (χ3v) is 4.75. The van der Waals surface area contributed by atoms with E-state index in [2.05, 4.69) is 10.0 Å². The monoisotopic (exact) mass is 278 g/mol. The standard InChI is InChI=1S/C10H12ClFN2O2S/c11-9-2-1-7(12)5-10(9)14-17(15,16)8-3-4-13-6-8/h1-2,5,8,13-14H,3-4,6H2. The number of hydrogen-bond donors (Lipinski definition) is 2. The van der Waals surface area contributed by atoms with Crippen molar-refractivity contribution in [2.24, 2.45) is 0 Å².